The molecular formula is C17H19NO3S. The van der Waals surface area contributed by atoms with Crippen LogP contribution in [0.4, 0.5) is 0 Å². The highest BCUT2D eigenvalue weighted by Crippen LogP contribution is 2.22. The van der Waals surface area contributed by atoms with Crippen molar-refractivity contribution in [3.8, 4) is 0 Å². The standard InChI is InChI=1S/C17H19NO3S/c1-12-6-3-4-7-13(12)10-16(19)18-14(11-17(20)21-2)15-8-5-9-22-15/h3-9,14H,10-11H2,1-2H3,(H,18,19). The van der Waals surface area contributed by atoms with Gasteiger partial charge in [-0.3, -0.25) is 9.59 Å². The van der Waals surface area contributed by atoms with E-state index < -0.39 is 0 Å². The maximum Gasteiger partial charge on any atom is 0.307 e. The topological polar surface area (TPSA) is 55.4 Å². The third kappa shape index (κ3) is 4.43. The first-order valence-electron chi connectivity index (χ1n) is 7.04. The number of hydrogen-bond donors (Lipinski definition) is 1. The molecule has 116 valence electrons. The van der Waals surface area contributed by atoms with Gasteiger partial charge in [-0.15, -0.1) is 11.3 Å². The van der Waals surface area contributed by atoms with Crippen molar-refractivity contribution < 1.29 is 14.3 Å². The third-order valence-electron chi connectivity index (χ3n) is 3.43. The molecule has 0 radical (unpaired) electrons. The SMILES string of the molecule is COC(=O)CC(NC(=O)Cc1ccccc1C)c1cccs1. The number of amides is 1. The molecule has 1 heterocycles. The molecule has 0 fully saturated rings. The van der Waals surface area contributed by atoms with Gasteiger partial charge < -0.3 is 10.1 Å². The highest BCUT2D eigenvalue weighted by atomic mass is 32.1. The van der Waals surface area contributed by atoms with Crippen molar-refractivity contribution in [2.24, 2.45) is 0 Å². The van der Waals surface area contributed by atoms with Crippen LogP contribution in [0.5, 0.6) is 0 Å². The smallest absolute Gasteiger partial charge is 0.307 e. The van der Waals surface area contributed by atoms with E-state index >= 15 is 0 Å². The summed E-state index contributed by atoms with van der Waals surface area (Å²) in [5.74, 6) is -0.439. The first-order valence-corrected chi connectivity index (χ1v) is 7.92. The molecule has 0 aliphatic rings. The number of carbonyl (C=O) groups is 2. The molecule has 0 saturated heterocycles. The molecule has 1 aromatic heterocycles. The Balaban J connectivity index is 2.05. The molecule has 1 amide bonds. The van der Waals surface area contributed by atoms with E-state index in [1.165, 1.54) is 18.4 Å². The minimum Gasteiger partial charge on any atom is -0.469 e. The van der Waals surface area contributed by atoms with Crippen LogP contribution in [-0.4, -0.2) is 19.0 Å². The number of benzene rings is 1. The summed E-state index contributed by atoms with van der Waals surface area (Å²) in [5, 5.41) is 4.85. The van der Waals surface area contributed by atoms with Crippen LogP contribution < -0.4 is 5.32 Å². The van der Waals surface area contributed by atoms with E-state index in [1.54, 1.807) is 0 Å². The Morgan fingerprint density at radius 2 is 2.00 bits per heavy atom. The lowest BCUT2D eigenvalue weighted by Crippen LogP contribution is -2.31. The Labute approximate surface area is 134 Å². The van der Waals surface area contributed by atoms with Crippen molar-refractivity contribution >= 4 is 23.2 Å². The van der Waals surface area contributed by atoms with Gasteiger partial charge in [0.25, 0.3) is 0 Å². The van der Waals surface area contributed by atoms with E-state index in [2.05, 4.69) is 5.32 Å². The molecule has 0 aliphatic heterocycles. The van der Waals surface area contributed by atoms with Crippen LogP contribution in [0.15, 0.2) is 41.8 Å². The van der Waals surface area contributed by atoms with E-state index in [0.717, 1.165) is 16.0 Å². The fraction of sp³-hybridized carbons (Fsp3) is 0.294. The van der Waals surface area contributed by atoms with Crippen LogP contribution in [0.1, 0.15) is 28.5 Å². The second-order valence-electron chi connectivity index (χ2n) is 5.02. The Morgan fingerprint density at radius 3 is 2.64 bits per heavy atom. The van der Waals surface area contributed by atoms with Gasteiger partial charge in [0.1, 0.15) is 0 Å². The van der Waals surface area contributed by atoms with Crippen molar-refractivity contribution in [3.63, 3.8) is 0 Å². The largest absolute Gasteiger partial charge is 0.469 e. The zero-order valence-corrected chi connectivity index (χ0v) is 13.5. The van der Waals surface area contributed by atoms with Crippen LogP contribution in [0.25, 0.3) is 0 Å². The lowest BCUT2D eigenvalue weighted by atomic mass is 10.0. The van der Waals surface area contributed by atoms with Crippen LogP contribution in [0, 0.1) is 6.92 Å². The zero-order chi connectivity index (χ0) is 15.9. The summed E-state index contributed by atoms with van der Waals surface area (Å²) >= 11 is 1.51. The van der Waals surface area contributed by atoms with Gasteiger partial charge in [0.05, 0.1) is 26.0 Å². The average molecular weight is 317 g/mol. The molecule has 22 heavy (non-hydrogen) atoms. The monoisotopic (exact) mass is 317 g/mol. The number of rotatable bonds is 6. The Morgan fingerprint density at radius 1 is 1.23 bits per heavy atom. The lowest BCUT2D eigenvalue weighted by Gasteiger charge is -2.17. The molecule has 0 bridgehead atoms. The molecule has 0 aliphatic carbocycles. The first kappa shape index (κ1) is 16.2. The maximum absolute atomic E-state index is 12.3. The second kappa shape index (κ2) is 7.75. The number of esters is 1. The summed E-state index contributed by atoms with van der Waals surface area (Å²) in [6.45, 7) is 1.98. The molecular weight excluding hydrogens is 298 g/mol. The number of aryl methyl sites for hydroxylation is 1. The maximum atomic E-state index is 12.3. The predicted molar refractivity (Wildman–Crippen MR) is 86.7 cm³/mol. The number of thiophene rings is 1. The van der Waals surface area contributed by atoms with Gasteiger partial charge in [-0.05, 0) is 29.5 Å². The number of ether oxygens (including phenoxy) is 1. The number of methoxy groups -OCH3 is 1. The Kier molecular flexibility index (Phi) is 5.72. The molecule has 1 atom stereocenters. The van der Waals surface area contributed by atoms with Crippen molar-refractivity contribution in [2.45, 2.75) is 25.8 Å². The molecule has 1 aromatic carbocycles. The van der Waals surface area contributed by atoms with Crippen LogP contribution >= 0.6 is 11.3 Å². The van der Waals surface area contributed by atoms with E-state index in [4.69, 9.17) is 4.74 Å². The zero-order valence-electron chi connectivity index (χ0n) is 12.7. The lowest BCUT2D eigenvalue weighted by molar-refractivity contribution is -0.141. The van der Waals surface area contributed by atoms with E-state index in [9.17, 15) is 9.59 Å². The minimum absolute atomic E-state index is 0.100. The van der Waals surface area contributed by atoms with E-state index in [-0.39, 0.29) is 24.3 Å². The second-order valence-corrected chi connectivity index (χ2v) is 6.00. The molecule has 0 spiro atoms. The van der Waals surface area contributed by atoms with Crippen LogP contribution in [0.3, 0.4) is 0 Å². The molecule has 1 unspecified atom stereocenters. The Hall–Kier alpha value is -2.14. The van der Waals surface area contributed by atoms with Crippen LogP contribution in [0.2, 0.25) is 0 Å². The molecule has 5 heteroatoms. The van der Waals surface area contributed by atoms with Gasteiger partial charge in [-0.1, -0.05) is 30.3 Å². The highest BCUT2D eigenvalue weighted by molar-refractivity contribution is 7.10. The predicted octanol–water partition coefficient (Wildman–Crippen LogP) is 3.02. The average Bonchev–Trinajstić information content (AvgIpc) is 3.03. The van der Waals surface area contributed by atoms with Crippen molar-refractivity contribution in [3.05, 3.63) is 57.8 Å². The fourth-order valence-electron chi connectivity index (χ4n) is 2.19. The molecule has 1 N–H and O–H groups in total. The van der Waals surface area contributed by atoms with E-state index in [0.29, 0.717) is 6.42 Å². The summed E-state index contributed by atoms with van der Waals surface area (Å²) < 4.78 is 4.71. The normalized spacial score (nSPS) is 11.7. The van der Waals surface area contributed by atoms with Gasteiger partial charge in [-0.25, -0.2) is 0 Å². The summed E-state index contributed by atoms with van der Waals surface area (Å²) in [4.78, 5) is 24.8. The fourth-order valence-corrected chi connectivity index (χ4v) is 2.97. The quantitative estimate of drug-likeness (QED) is 0.833. The molecule has 4 nitrogen and oxygen atoms in total. The van der Waals surface area contributed by atoms with Gasteiger partial charge in [0.15, 0.2) is 0 Å². The first-order chi connectivity index (χ1) is 10.6. The van der Waals surface area contributed by atoms with Crippen molar-refractivity contribution in [2.75, 3.05) is 7.11 Å². The number of nitrogens with one attached hydrogen (secondary N) is 1. The summed E-state index contributed by atoms with van der Waals surface area (Å²) in [7, 11) is 1.35. The summed E-state index contributed by atoms with van der Waals surface area (Å²) in [5.41, 5.74) is 2.07. The Bertz CT molecular complexity index is 637. The van der Waals surface area contributed by atoms with Gasteiger partial charge in [-0.2, -0.15) is 0 Å². The van der Waals surface area contributed by atoms with Gasteiger partial charge in [0.2, 0.25) is 5.91 Å². The summed E-state index contributed by atoms with van der Waals surface area (Å²) in [6.07, 6.45) is 0.437. The van der Waals surface area contributed by atoms with Crippen LogP contribution in [-0.2, 0) is 20.7 Å². The summed E-state index contributed by atoms with van der Waals surface area (Å²) in [6, 6.07) is 11.3. The number of carbonyl (C=O) groups excluding carboxylic acids is 2. The minimum atomic E-state index is -0.344. The highest BCUT2D eigenvalue weighted by Gasteiger charge is 2.20. The molecule has 2 rings (SSSR count). The molecule has 0 saturated carbocycles. The number of hydrogen-bond acceptors (Lipinski definition) is 4. The van der Waals surface area contributed by atoms with Crippen molar-refractivity contribution in [1.82, 2.24) is 5.32 Å². The third-order valence-corrected chi connectivity index (χ3v) is 4.42. The van der Waals surface area contributed by atoms with Crippen molar-refractivity contribution in [1.29, 1.82) is 0 Å². The van der Waals surface area contributed by atoms with Gasteiger partial charge >= 0.3 is 5.97 Å². The van der Waals surface area contributed by atoms with Gasteiger partial charge in [0, 0.05) is 4.88 Å². The molecule has 2 aromatic rings. The van der Waals surface area contributed by atoms with E-state index in [1.807, 2.05) is 48.7 Å².